The molecule has 0 unspecified atom stereocenters. The smallest absolute Gasteiger partial charge is 0.0411 e. The highest BCUT2D eigenvalue weighted by Gasteiger charge is 2.18. The van der Waals surface area contributed by atoms with Gasteiger partial charge in [-0.3, -0.25) is 4.90 Å². The maximum atomic E-state index is 2.59. The van der Waals surface area contributed by atoms with Gasteiger partial charge in [0.25, 0.3) is 0 Å². The first-order valence-electron chi connectivity index (χ1n) is 6.99. The van der Waals surface area contributed by atoms with Crippen molar-refractivity contribution in [3.8, 4) is 0 Å². The zero-order chi connectivity index (χ0) is 11.5. The number of benzene rings is 1. The van der Waals surface area contributed by atoms with Crippen molar-refractivity contribution in [2.45, 2.75) is 32.2 Å². The summed E-state index contributed by atoms with van der Waals surface area (Å²) in [4.78, 5) is 5.15. The fraction of sp³-hybridized carbons (Fsp3) is 0.600. The van der Waals surface area contributed by atoms with Gasteiger partial charge in [0.05, 0.1) is 0 Å². The lowest BCUT2D eigenvalue weighted by Gasteiger charge is -2.24. The Hall–Kier alpha value is -1.02. The summed E-state index contributed by atoms with van der Waals surface area (Å²) in [5.74, 6) is 0. The highest BCUT2D eigenvalue weighted by molar-refractivity contribution is 5.54. The predicted octanol–water partition coefficient (Wildman–Crippen LogP) is 2.88. The third-order valence-electron chi connectivity index (χ3n) is 4.03. The van der Waals surface area contributed by atoms with E-state index in [-0.39, 0.29) is 0 Å². The van der Waals surface area contributed by atoms with Crippen molar-refractivity contribution in [1.29, 1.82) is 0 Å². The van der Waals surface area contributed by atoms with Crippen LogP contribution >= 0.6 is 0 Å². The maximum Gasteiger partial charge on any atom is 0.0411 e. The van der Waals surface area contributed by atoms with Gasteiger partial charge in [-0.1, -0.05) is 18.2 Å². The number of nitrogens with zero attached hydrogens (tertiary/aromatic N) is 2. The van der Waals surface area contributed by atoms with Gasteiger partial charge in [0.1, 0.15) is 0 Å². The normalized spacial score (nSPS) is 21.3. The molecule has 2 aliphatic rings. The molecule has 0 spiro atoms. The molecule has 2 heterocycles. The van der Waals surface area contributed by atoms with Crippen LogP contribution in [0.2, 0.25) is 0 Å². The molecule has 1 aromatic rings. The summed E-state index contributed by atoms with van der Waals surface area (Å²) < 4.78 is 0. The second-order valence-corrected chi connectivity index (χ2v) is 5.31. The van der Waals surface area contributed by atoms with Gasteiger partial charge in [-0.2, -0.15) is 0 Å². The van der Waals surface area contributed by atoms with Crippen molar-refractivity contribution in [3.63, 3.8) is 0 Å². The molecule has 17 heavy (non-hydrogen) atoms. The minimum atomic E-state index is 1.15. The SMILES string of the molecule is c1ccc(N2CCCC2)c(CN2CCCC2)c1. The third-order valence-corrected chi connectivity index (χ3v) is 4.03. The van der Waals surface area contributed by atoms with Crippen LogP contribution in [0.3, 0.4) is 0 Å². The molecule has 2 heteroatoms. The summed E-state index contributed by atoms with van der Waals surface area (Å²) >= 11 is 0. The van der Waals surface area contributed by atoms with E-state index in [1.807, 2.05) is 0 Å². The van der Waals surface area contributed by atoms with Gasteiger partial charge in [-0.05, 0) is 50.4 Å². The molecule has 3 rings (SSSR count). The van der Waals surface area contributed by atoms with E-state index in [1.165, 1.54) is 63.1 Å². The van der Waals surface area contributed by atoms with Gasteiger partial charge in [0, 0.05) is 25.3 Å². The molecule has 92 valence electrons. The van der Waals surface area contributed by atoms with Crippen LogP contribution in [-0.4, -0.2) is 31.1 Å². The first-order valence-corrected chi connectivity index (χ1v) is 6.99. The Morgan fingerprint density at radius 1 is 0.824 bits per heavy atom. The molecule has 2 aliphatic heterocycles. The van der Waals surface area contributed by atoms with Crippen LogP contribution in [0.5, 0.6) is 0 Å². The largest absolute Gasteiger partial charge is 0.371 e. The predicted molar refractivity (Wildman–Crippen MR) is 72.4 cm³/mol. The number of hydrogen-bond donors (Lipinski definition) is 0. The topological polar surface area (TPSA) is 6.48 Å². The summed E-state index contributed by atoms with van der Waals surface area (Å²) in [5, 5.41) is 0. The maximum absolute atomic E-state index is 2.59. The standard InChI is InChI=1S/C15H22N2/c1-2-8-15(17-11-5-6-12-17)14(7-1)13-16-9-3-4-10-16/h1-2,7-8H,3-6,9-13H2. The van der Waals surface area contributed by atoms with Gasteiger partial charge in [0.15, 0.2) is 0 Å². The Bertz CT molecular complexity index is 363. The fourth-order valence-electron chi connectivity index (χ4n) is 3.09. The quantitative estimate of drug-likeness (QED) is 0.788. The average Bonchev–Trinajstić information content (AvgIpc) is 3.01. The molecule has 0 saturated carbocycles. The first-order chi connectivity index (χ1) is 8.43. The van der Waals surface area contributed by atoms with Gasteiger partial charge >= 0.3 is 0 Å². The van der Waals surface area contributed by atoms with Crippen LogP contribution in [0, 0.1) is 0 Å². The number of para-hydroxylation sites is 1. The fourth-order valence-corrected chi connectivity index (χ4v) is 3.09. The molecule has 0 radical (unpaired) electrons. The lowest BCUT2D eigenvalue weighted by molar-refractivity contribution is 0.331. The molecule has 2 nitrogen and oxygen atoms in total. The molecule has 2 fully saturated rings. The molecule has 0 amide bonds. The van der Waals surface area contributed by atoms with Crippen molar-refractivity contribution in [1.82, 2.24) is 4.90 Å². The minimum absolute atomic E-state index is 1.15. The van der Waals surface area contributed by atoms with E-state index in [4.69, 9.17) is 0 Å². The van der Waals surface area contributed by atoms with Crippen molar-refractivity contribution < 1.29 is 0 Å². The molecule has 0 bridgehead atoms. The molecule has 2 saturated heterocycles. The highest BCUT2D eigenvalue weighted by Crippen LogP contribution is 2.26. The van der Waals surface area contributed by atoms with E-state index in [2.05, 4.69) is 34.1 Å². The summed E-state index contributed by atoms with van der Waals surface area (Å²) in [5.41, 5.74) is 3.01. The van der Waals surface area contributed by atoms with E-state index in [1.54, 1.807) is 0 Å². The van der Waals surface area contributed by atoms with Crippen molar-refractivity contribution in [2.24, 2.45) is 0 Å². The van der Waals surface area contributed by atoms with Crippen molar-refractivity contribution in [2.75, 3.05) is 31.1 Å². The number of hydrogen-bond acceptors (Lipinski definition) is 2. The Kier molecular flexibility index (Phi) is 3.32. The molecule has 0 aliphatic carbocycles. The monoisotopic (exact) mass is 230 g/mol. The lowest BCUT2D eigenvalue weighted by Crippen LogP contribution is -2.23. The first kappa shape index (κ1) is 11.1. The van der Waals surface area contributed by atoms with Crippen LogP contribution in [0.15, 0.2) is 24.3 Å². The van der Waals surface area contributed by atoms with E-state index < -0.39 is 0 Å². The van der Waals surface area contributed by atoms with E-state index in [9.17, 15) is 0 Å². The van der Waals surface area contributed by atoms with E-state index in [0.717, 1.165) is 6.54 Å². The molecule has 0 aromatic heterocycles. The molecule has 0 N–H and O–H groups in total. The van der Waals surface area contributed by atoms with Gasteiger partial charge < -0.3 is 4.90 Å². The van der Waals surface area contributed by atoms with E-state index in [0.29, 0.717) is 0 Å². The Morgan fingerprint density at radius 2 is 1.47 bits per heavy atom. The van der Waals surface area contributed by atoms with E-state index >= 15 is 0 Å². The number of likely N-dealkylation sites (tertiary alicyclic amines) is 1. The Balaban J connectivity index is 1.77. The van der Waals surface area contributed by atoms with Crippen molar-refractivity contribution in [3.05, 3.63) is 29.8 Å². The number of rotatable bonds is 3. The third kappa shape index (κ3) is 2.47. The summed E-state index contributed by atoms with van der Waals surface area (Å²) in [6.45, 7) is 6.21. The van der Waals surface area contributed by atoms with Crippen molar-refractivity contribution >= 4 is 5.69 Å². The lowest BCUT2D eigenvalue weighted by atomic mass is 10.1. The number of anilines is 1. The highest BCUT2D eigenvalue weighted by atomic mass is 15.2. The van der Waals surface area contributed by atoms with Crippen LogP contribution in [-0.2, 0) is 6.54 Å². The summed E-state index contributed by atoms with van der Waals surface area (Å²) in [6.07, 6.45) is 5.48. The van der Waals surface area contributed by atoms with Gasteiger partial charge in [-0.15, -0.1) is 0 Å². The second-order valence-electron chi connectivity index (χ2n) is 5.31. The Labute approximate surface area is 104 Å². The average molecular weight is 230 g/mol. The van der Waals surface area contributed by atoms with Crippen LogP contribution in [0.1, 0.15) is 31.2 Å². The molecule has 0 atom stereocenters. The molecular weight excluding hydrogens is 208 g/mol. The van der Waals surface area contributed by atoms with Crippen LogP contribution in [0.4, 0.5) is 5.69 Å². The van der Waals surface area contributed by atoms with Gasteiger partial charge in [-0.25, -0.2) is 0 Å². The second kappa shape index (κ2) is 5.09. The summed E-state index contributed by atoms with van der Waals surface area (Å²) in [6, 6.07) is 8.98. The summed E-state index contributed by atoms with van der Waals surface area (Å²) in [7, 11) is 0. The zero-order valence-electron chi connectivity index (χ0n) is 10.6. The Morgan fingerprint density at radius 3 is 2.24 bits per heavy atom. The zero-order valence-corrected chi connectivity index (χ0v) is 10.6. The minimum Gasteiger partial charge on any atom is -0.371 e. The molecular formula is C15H22N2. The molecule has 1 aromatic carbocycles. The van der Waals surface area contributed by atoms with Crippen LogP contribution in [0.25, 0.3) is 0 Å². The van der Waals surface area contributed by atoms with Gasteiger partial charge in [0.2, 0.25) is 0 Å². The van der Waals surface area contributed by atoms with Crippen LogP contribution < -0.4 is 4.90 Å².